The summed E-state index contributed by atoms with van der Waals surface area (Å²) in [4.78, 5) is 15.3. The van der Waals surface area contributed by atoms with Crippen molar-refractivity contribution >= 4 is 5.91 Å². The van der Waals surface area contributed by atoms with E-state index in [4.69, 9.17) is 5.73 Å². The lowest BCUT2D eigenvalue weighted by atomic mass is 9.93. The lowest BCUT2D eigenvalue weighted by molar-refractivity contribution is -0.274. The van der Waals surface area contributed by atoms with Crippen molar-refractivity contribution in [3.8, 4) is 39.4 Å². The van der Waals surface area contributed by atoms with Crippen LogP contribution in [0, 0.1) is 0 Å². The highest BCUT2D eigenvalue weighted by molar-refractivity contribution is 5.89. The topological polar surface area (TPSA) is 93.9 Å². The van der Waals surface area contributed by atoms with Crippen LogP contribution in [0.25, 0.3) is 33.6 Å². The summed E-state index contributed by atoms with van der Waals surface area (Å²) in [6.07, 6.45) is -4.77. The SMILES string of the molecule is NC(=O)c1nc(-c2cccc(-c3ccccc3-c3cccc(OC(F)(F)F)c3)c2)n[nH]1. The Hall–Kier alpha value is -4.14. The molecule has 1 amide bonds. The Labute approximate surface area is 174 Å². The number of amides is 1. The predicted octanol–water partition coefficient (Wildman–Crippen LogP) is 4.80. The van der Waals surface area contributed by atoms with Crippen LogP contribution in [0.5, 0.6) is 5.75 Å². The zero-order valence-electron chi connectivity index (χ0n) is 15.9. The predicted molar refractivity (Wildman–Crippen MR) is 108 cm³/mol. The molecular formula is C22H15F3N4O2. The van der Waals surface area contributed by atoms with Gasteiger partial charge < -0.3 is 10.5 Å². The van der Waals surface area contributed by atoms with Crippen LogP contribution in [0.15, 0.2) is 72.8 Å². The van der Waals surface area contributed by atoms with Crippen LogP contribution < -0.4 is 10.5 Å². The largest absolute Gasteiger partial charge is 0.573 e. The molecule has 156 valence electrons. The second-order valence-electron chi connectivity index (χ2n) is 6.57. The minimum absolute atomic E-state index is 0.0534. The number of H-pyrrole nitrogens is 1. The third-order valence-corrected chi connectivity index (χ3v) is 4.46. The molecule has 6 nitrogen and oxygen atoms in total. The molecule has 0 fully saturated rings. The van der Waals surface area contributed by atoms with Crippen LogP contribution in [0.1, 0.15) is 10.6 Å². The number of hydrogen-bond donors (Lipinski definition) is 2. The highest BCUT2D eigenvalue weighted by Gasteiger charge is 2.31. The highest BCUT2D eigenvalue weighted by atomic mass is 19.4. The minimum atomic E-state index is -4.77. The minimum Gasteiger partial charge on any atom is -0.406 e. The average molecular weight is 424 g/mol. The fraction of sp³-hybridized carbons (Fsp3) is 0.0455. The van der Waals surface area contributed by atoms with E-state index in [-0.39, 0.29) is 11.6 Å². The number of alkyl halides is 3. The number of halogens is 3. The Morgan fingerprint density at radius 3 is 2.10 bits per heavy atom. The maximum atomic E-state index is 12.6. The van der Waals surface area contributed by atoms with E-state index in [9.17, 15) is 18.0 Å². The molecule has 0 bridgehead atoms. The van der Waals surface area contributed by atoms with Crippen molar-refractivity contribution in [2.24, 2.45) is 5.73 Å². The van der Waals surface area contributed by atoms with Gasteiger partial charge in [-0.2, -0.15) is 5.10 Å². The Balaban J connectivity index is 1.74. The molecule has 31 heavy (non-hydrogen) atoms. The van der Waals surface area contributed by atoms with E-state index in [0.29, 0.717) is 17.0 Å². The molecule has 9 heteroatoms. The number of ether oxygens (including phenoxy) is 1. The van der Waals surface area contributed by atoms with E-state index in [2.05, 4.69) is 19.9 Å². The van der Waals surface area contributed by atoms with Gasteiger partial charge in [-0.05, 0) is 40.5 Å². The maximum absolute atomic E-state index is 12.6. The number of nitrogens with two attached hydrogens (primary N) is 1. The summed E-state index contributed by atoms with van der Waals surface area (Å²) in [6, 6.07) is 20.4. The molecule has 0 atom stereocenters. The first kappa shape index (κ1) is 20.1. The molecule has 0 saturated heterocycles. The van der Waals surface area contributed by atoms with Crippen LogP contribution in [0.2, 0.25) is 0 Å². The van der Waals surface area contributed by atoms with Crippen molar-refractivity contribution in [1.29, 1.82) is 0 Å². The Bertz CT molecular complexity index is 1250. The van der Waals surface area contributed by atoms with E-state index in [0.717, 1.165) is 16.7 Å². The summed E-state index contributed by atoms with van der Waals surface area (Å²) in [7, 11) is 0. The van der Waals surface area contributed by atoms with Crippen molar-refractivity contribution in [3.63, 3.8) is 0 Å². The van der Waals surface area contributed by atoms with Crippen molar-refractivity contribution in [2.45, 2.75) is 6.36 Å². The Morgan fingerprint density at radius 2 is 1.48 bits per heavy atom. The normalized spacial score (nSPS) is 11.3. The van der Waals surface area contributed by atoms with E-state index >= 15 is 0 Å². The van der Waals surface area contributed by atoms with Gasteiger partial charge in [0, 0.05) is 5.56 Å². The summed E-state index contributed by atoms with van der Waals surface area (Å²) in [5, 5.41) is 6.49. The monoisotopic (exact) mass is 424 g/mol. The van der Waals surface area contributed by atoms with E-state index in [1.165, 1.54) is 18.2 Å². The van der Waals surface area contributed by atoms with Gasteiger partial charge in [-0.15, -0.1) is 13.2 Å². The summed E-state index contributed by atoms with van der Waals surface area (Å²) >= 11 is 0. The smallest absolute Gasteiger partial charge is 0.406 e. The fourth-order valence-corrected chi connectivity index (χ4v) is 3.17. The van der Waals surface area contributed by atoms with Gasteiger partial charge in [-0.3, -0.25) is 9.89 Å². The van der Waals surface area contributed by atoms with Crippen LogP contribution in [0.3, 0.4) is 0 Å². The van der Waals surface area contributed by atoms with Gasteiger partial charge in [-0.25, -0.2) is 4.98 Å². The first-order valence-corrected chi connectivity index (χ1v) is 9.08. The second kappa shape index (κ2) is 7.94. The number of rotatable bonds is 5. The molecule has 0 unspecified atom stereocenters. The van der Waals surface area contributed by atoms with E-state index < -0.39 is 12.3 Å². The van der Waals surface area contributed by atoms with Crippen LogP contribution >= 0.6 is 0 Å². The number of aromatic amines is 1. The quantitative estimate of drug-likeness (QED) is 0.481. The number of primary amides is 1. The molecular weight excluding hydrogens is 409 g/mol. The molecule has 0 aliphatic carbocycles. The lowest BCUT2D eigenvalue weighted by Gasteiger charge is -2.13. The highest BCUT2D eigenvalue weighted by Crippen LogP contribution is 2.35. The lowest BCUT2D eigenvalue weighted by Crippen LogP contribution is -2.17. The molecule has 0 aliphatic rings. The molecule has 0 radical (unpaired) electrons. The standard InChI is InChI=1S/C22H15F3N4O2/c23-22(24,25)31-16-8-4-6-14(12-16)18-10-2-1-9-17(18)13-5-3-7-15(11-13)20-27-21(19(26)30)29-28-20/h1-12H,(H2,26,30)(H,27,28,29). The number of nitrogens with zero attached hydrogens (tertiary/aromatic N) is 2. The fourth-order valence-electron chi connectivity index (χ4n) is 3.17. The van der Waals surface area contributed by atoms with Gasteiger partial charge in [0.05, 0.1) is 0 Å². The van der Waals surface area contributed by atoms with Crippen LogP contribution in [0.4, 0.5) is 13.2 Å². The molecule has 0 spiro atoms. The van der Waals surface area contributed by atoms with Crippen molar-refractivity contribution < 1.29 is 22.7 Å². The summed E-state index contributed by atoms with van der Waals surface area (Å²) < 4.78 is 41.9. The molecule has 1 heterocycles. The summed E-state index contributed by atoms with van der Waals surface area (Å²) in [6.45, 7) is 0. The van der Waals surface area contributed by atoms with Gasteiger partial charge in [0.25, 0.3) is 5.91 Å². The van der Waals surface area contributed by atoms with E-state index in [1.54, 1.807) is 24.3 Å². The average Bonchev–Trinajstić information content (AvgIpc) is 3.24. The third kappa shape index (κ3) is 4.55. The zero-order chi connectivity index (χ0) is 22.0. The van der Waals surface area contributed by atoms with Gasteiger partial charge >= 0.3 is 6.36 Å². The van der Waals surface area contributed by atoms with E-state index in [1.807, 2.05) is 30.3 Å². The van der Waals surface area contributed by atoms with Gasteiger partial charge in [0.15, 0.2) is 5.82 Å². The summed E-state index contributed by atoms with van der Waals surface area (Å²) in [5.74, 6) is -0.773. The van der Waals surface area contributed by atoms with Gasteiger partial charge in [0.2, 0.25) is 5.82 Å². The third-order valence-electron chi connectivity index (χ3n) is 4.46. The molecule has 4 aromatic rings. The molecule has 1 aromatic heterocycles. The number of carbonyl (C=O) groups excluding carboxylic acids is 1. The Kier molecular flexibility index (Phi) is 5.16. The maximum Gasteiger partial charge on any atom is 0.573 e. The van der Waals surface area contributed by atoms with Crippen molar-refractivity contribution in [2.75, 3.05) is 0 Å². The van der Waals surface area contributed by atoms with Crippen LogP contribution in [-0.4, -0.2) is 27.5 Å². The van der Waals surface area contributed by atoms with Crippen LogP contribution in [-0.2, 0) is 0 Å². The van der Waals surface area contributed by atoms with Crippen molar-refractivity contribution in [3.05, 3.63) is 78.6 Å². The number of hydrogen-bond acceptors (Lipinski definition) is 4. The first-order valence-electron chi connectivity index (χ1n) is 9.08. The van der Waals surface area contributed by atoms with Crippen molar-refractivity contribution in [1.82, 2.24) is 15.2 Å². The second-order valence-corrected chi connectivity index (χ2v) is 6.57. The van der Waals surface area contributed by atoms with Gasteiger partial charge in [-0.1, -0.05) is 54.6 Å². The first-order chi connectivity index (χ1) is 14.8. The number of nitrogens with one attached hydrogen (secondary N) is 1. The molecule has 3 aromatic carbocycles. The zero-order valence-corrected chi connectivity index (χ0v) is 15.9. The number of benzene rings is 3. The molecule has 0 saturated carbocycles. The molecule has 3 N–H and O–H groups in total. The number of carbonyl (C=O) groups is 1. The van der Waals surface area contributed by atoms with Gasteiger partial charge in [0.1, 0.15) is 5.75 Å². The number of aromatic nitrogens is 3. The summed E-state index contributed by atoms with van der Waals surface area (Å²) in [5.41, 5.74) is 8.72. The Morgan fingerprint density at radius 1 is 0.871 bits per heavy atom. The molecule has 0 aliphatic heterocycles. The molecule has 4 rings (SSSR count).